The minimum absolute atomic E-state index is 0.0108. The van der Waals surface area contributed by atoms with Crippen LogP contribution in [-0.4, -0.2) is 57.2 Å². The molecule has 1 aromatic heterocycles. The third-order valence-corrected chi connectivity index (χ3v) is 18.5. The summed E-state index contributed by atoms with van der Waals surface area (Å²) in [6, 6.07) is 9.76. The Hall–Kier alpha value is -1.59. The van der Waals surface area contributed by atoms with Gasteiger partial charge in [0.05, 0.1) is 16.3 Å². The predicted octanol–water partition coefficient (Wildman–Crippen LogP) is 7.34. The Morgan fingerprint density at radius 3 is 2.10 bits per heavy atom. The van der Waals surface area contributed by atoms with Crippen LogP contribution in [0, 0.1) is 3.57 Å². The lowest BCUT2D eigenvalue weighted by molar-refractivity contribution is -0.0311. The first-order valence-corrected chi connectivity index (χ1v) is 21.4. The lowest BCUT2D eigenvalue weighted by atomic mass is 10.1. The number of nitrogens with one attached hydrogen (secondary N) is 1. The molecule has 1 aliphatic heterocycles. The fourth-order valence-corrected chi connectivity index (χ4v) is 7.30. The number of rotatable bonds is 9. The minimum atomic E-state index is -2.29. The average molecular weight is 730 g/mol. The smallest absolute Gasteiger partial charge is 0.412 e. The molecule has 2 heterocycles. The van der Waals surface area contributed by atoms with Crippen LogP contribution in [0.2, 0.25) is 36.3 Å². The van der Waals surface area contributed by atoms with Gasteiger partial charge in [0, 0.05) is 12.6 Å². The van der Waals surface area contributed by atoms with Gasteiger partial charge < -0.3 is 18.3 Å². The second-order valence-corrected chi connectivity index (χ2v) is 24.7. The maximum Gasteiger partial charge on any atom is 0.412 e. The average Bonchev–Trinajstić information content (AvgIpc) is 3.14. The highest BCUT2D eigenvalue weighted by molar-refractivity contribution is 14.1. The third-order valence-electron chi connectivity index (χ3n) is 8.76. The Labute approximate surface area is 266 Å². The van der Waals surface area contributed by atoms with Gasteiger partial charge >= 0.3 is 11.8 Å². The fraction of sp³-hybridized carbons (Fsp3) is 0.633. The van der Waals surface area contributed by atoms with Crippen LogP contribution in [0.4, 0.5) is 10.6 Å². The summed E-state index contributed by atoms with van der Waals surface area (Å²) in [6.07, 6.45) is -0.320. The second kappa shape index (κ2) is 13.2. The molecule has 1 N–H and O–H groups in total. The van der Waals surface area contributed by atoms with Crippen molar-refractivity contribution in [3.63, 3.8) is 0 Å². The largest absolute Gasteiger partial charge is 0.449 e. The Morgan fingerprint density at radius 1 is 1.00 bits per heavy atom. The van der Waals surface area contributed by atoms with Crippen molar-refractivity contribution >= 4 is 51.1 Å². The number of nitrogens with zero attached hydrogens (tertiary/aromatic N) is 2. The highest BCUT2D eigenvalue weighted by Crippen LogP contribution is 2.45. The molecule has 0 unspecified atom stereocenters. The van der Waals surface area contributed by atoms with Gasteiger partial charge in [-0.1, -0.05) is 71.9 Å². The van der Waals surface area contributed by atoms with Gasteiger partial charge in [0.15, 0.2) is 28.7 Å². The molecule has 1 aromatic carbocycles. The van der Waals surface area contributed by atoms with Crippen LogP contribution in [0.15, 0.2) is 41.3 Å². The Morgan fingerprint density at radius 2 is 1.55 bits per heavy atom. The van der Waals surface area contributed by atoms with Crippen molar-refractivity contribution in [2.24, 2.45) is 0 Å². The van der Waals surface area contributed by atoms with Gasteiger partial charge in [0.2, 0.25) is 0 Å². The number of hydrogen-bond acceptors (Lipinski definition) is 7. The van der Waals surface area contributed by atoms with Gasteiger partial charge in [0.25, 0.3) is 0 Å². The Kier molecular flexibility index (Phi) is 11.0. The van der Waals surface area contributed by atoms with E-state index in [1.165, 1.54) is 4.57 Å². The molecular weight excluding hydrogens is 681 g/mol. The standard InChI is InChI=1S/C30H48IN3O6Si2/c1-20-23(39-41(8,9)29(2,3)4)24(40-42(10,11)30(5,6)7)26(38-20)34-19-22(31)25(32-27(34)35)33-28(36)37-18-17-21-15-13-12-14-16-21/h12-16,19-20,23-24,26H,17-18H2,1-11H3,(H,32,33,35,36)/t20-,23-,24-,26-/m1/s1. The number of hydrogen-bond donors (Lipinski definition) is 1. The zero-order chi connectivity index (χ0) is 31.7. The number of ether oxygens (including phenoxy) is 2. The Bertz CT molecular complexity index is 1290. The van der Waals surface area contributed by atoms with Crippen LogP contribution in [0.3, 0.4) is 0 Å². The molecule has 1 fully saturated rings. The molecule has 1 amide bonds. The lowest BCUT2D eigenvalue weighted by Gasteiger charge is -2.44. The van der Waals surface area contributed by atoms with E-state index in [4.69, 9.17) is 18.3 Å². The molecule has 9 nitrogen and oxygen atoms in total. The number of carbonyl (C=O) groups excluding carboxylic acids is 1. The molecule has 0 bridgehead atoms. The molecule has 0 spiro atoms. The molecule has 0 aliphatic carbocycles. The summed E-state index contributed by atoms with van der Waals surface area (Å²) < 4.78 is 27.7. The predicted molar refractivity (Wildman–Crippen MR) is 180 cm³/mol. The number of carbonyl (C=O) groups is 1. The molecule has 12 heteroatoms. The quantitative estimate of drug-likeness (QED) is 0.213. The maximum absolute atomic E-state index is 13.4. The molecule has 42 heavy (non-hydrogen) atoms. The molecule has 1 saturated heterocycles. The number of amides is 1. The highest BCUT2D eigenvalue weighted by atomic mass is 127. The summed E-state index contributed by atoms with van der Waals surface area (Å²) in [6.45, 7) is 24.2. The first-order chi connectivity index (χ1) is 19.2. The summed E-state index contributed by atoms with van der Waals surface area (Å²) >= 11 is 2.06. The topological polar surface area (TPSA) is 101 Å². The molecule has 4 atom stereocenters. The SMILES string of the molecule is C[C@H]1O[C@@H](n2cc(I)c(NC(=O)OCCc3ccccc3)nc2=O)[C@H](O[Si](C)(C)C(C)(C)C)[C@@H]1O[Si](C)(C)C(C)(C)C. The first kappa shape index (κ1) is 34.9. The van der Waals surface area contributed by atoms with Gasteiger partial charge in [-0.15, -0.1) is 0 Å². The van der Waals surface area contributed by atoms with Gasteiger partial charge in [-0.25, -0.2) is 9.59 Å². The van der Waals surface area contributed by atoms with E-state index in [1.807, 2.05) is 37.3 Å². The molecule has 2 aromatic rings. The summed E-state index contributed by atoms with van der Waals surface area (Å²) in [5.41, 5.74) is 0.515. The van der Waals surface area contributed by atoms with E-state index >= 15 is 0 Å². The van der Waals surface area contributed by atoms with E-state index in [9.17, 15) is 9.59 Å². The van der Waals surface area contributed by atoms with Gasteiger partial charge in [-0.3, -0.25) is 9.88 Å². The van der Waals surface area contributed by atoms with E-state index in [1.54, 1.807) is 6.20 Å². The number of halogens is 1. The molecule has 1 aliphatic rings. The van der Waals surface area contributed by atoms with Crippen LogP contribution in [-0.2, 0) is 24.7 Å². The lowest BCUT2D eigenvalue weighted by Crippen LogP contribution is -2.53. The molecule has 234 valence electrons. The van der Waals surface area contributed by atoms with Crippen LogP contribution in [0.1, 0.15) is 60.3 Å². The van der Waals surface area contributed by atoms with Crippen LogP contribution in [0.5, 0.6) is 0 Å². The van der Waals surface area contributed by atoms with Crippen molar-refractivity contribution in [2.75, 3.05) is 11.9 Å². The second-order valence-electron chi connectivity index (χ2n) is 14.0. The monoisotopic (exact) mass is 729 g/mol. The van der Waals surface area contributed by atoms with Crippen molar-refractivity contribution in [1.82, 2.24) is 9.55 Å². The van der Waals surface area contributed by atoms with E-state index in [0.717, 1.165) is 5.56 Å². The maximum atomic E-state index is 13.4. The van der Waals surface area contributed by atoms with Gasteiger partial charge in [-0.2, -0.15) is 4.98 Å². The van der Waals surface area contributed by atoms with E-state index in [2.05, 4.69) is 101 Å². The highest BCUT2D eigenvalue weighted by Gasteiger charge is 2.53. The number of anilines is 1. The zero-order valence-corrected chi connectivity index (χ0v) is 31.1. The molecular formula is C30H48IN3O6Si2. The first-order valence-electron chi connectivity index (χ1n) is 14.5. The summed E-state index contributed by atoms with van der Waals surface area (Å²) in [5, 5.41) is 2.54. The van der Waals surface area contributed by atoms with E-state index < -0.39 is 40.7 Å². The molecule has 0 saturated carbocycles. The third kappa shape index (κ3) is 8.32. The van der Waals surface area contributed by atoms with Gasteiger partial charge in [-0.05, 0) is 71.3 Å². The summed E-state index contributed by atoms with van der Waals surface area (Å²) in [7, 11) is -4.49. The van der Waals surface area contributed by atoms with E-state index in [-0.39, 0.29) is 34.7 Å². The number of benzene rings is 1. The fourth-order valence-electron chi connectivity index (χ4n) is 4.10. The van der Waals surface area contributed by atoms with Crippen molar-refractivity contribution in [1.29, 1.82) is 0 Å². The number of aromatic nitrogens is 2. The van der Waals surface area contributed by atoms with Crippen molar-refractivity contribution in [2.45, 2.75) is 116 Å². The van der Waals surface area contributed by atoms with Crippen molar-refractivity contribution < 1.29 is 23.1 Å². The molecule has 0 radical (unpaired) electrons. The van der Waals surface area contributed by atoms with Crippen LogP contribution < -0.4 is 11.0 Å². The minimum Gasteiger partial charge on any atom is -0.449 e. The Balaban J connectivity index is 1.86. The van der Waals surface area contributed by atoms with Crippen molar-refractivity contribution in [3.05, 3.63) is 56.1 Å². The van der Waals surface area contributed by atoms with Crippen molar-refractivity contribution in [3.8, 4) is 0 Å². The summed E-state index contributed by atoms with van der Waals surface area (Å²) in [4.78, 5) is 30.1. The summed E-state index contributed by atoms with van der Waals surface area (Å²) in [5.74, 6) is 0.142. The normalized spacial score (nSPS) is 21.8. The van der Waals surface area contributed by atoms with E-state index in [0.29, 0.717) is 9.99 Å². The van der Waals surface area contributed by atoms with Crippen LogP contribution in [0.25, 0.3) is 0 Å². The van der Waals surface area contributed by atoms with Crippen LogP contribution >= 0.6 is 22.6 Å². The molecule has 3 rings (SSSR count). The van der Waals surface area contributed by atoms with Gasteiger partial charge in [0.1, 0.15) is 12.2 Å². The zero-order valence-electron chi connectivity index (χ0n) is 26.9.